The molecule has 0 aromatic heterocycles. The largest absolute Gasteiger partial charge is 0.341 e. The standard InChI is InChI=1S/C18H20NO/c1-3-15(16-10-6-4-7-11-16)14-19(2)18(20)17-12-8-5-9-13-17/h4-13,15H,1,3,14H2,2H3. The number of carbonyl (C=O) groups excluding carboxylic acids is 1. The summed E-state index contributed by atoms with van der Waals surface area (Å²) < 4.78 is 0. The van der Waals surface area contributed by atoms with Gasteiger partial charge in [0.2, 0.25) is 0 Å². The summed E-state index contributed by atoms with van der Waals surface area (Å²) >= 11 is 0. The number of nitrogens with zero attached hydrogens (tertiary/aromatic N) is 1. The molecule has 1 atom stereocenters. The molecule has 2 aromatic carbocycles. The second-order valence-electron chi connectivity index (χ2n) is 4.95. The van der Waals surface area contributed by atoms with Crippen LogP contribution >= 0.6 is 0 Å². The van der Waals surface area contributed by atoms with Crippen LogP contribution in [-0.2, 0) is 0 Å². The van der Waals surface area contributed by atoms with E-state index in [1.54, 1.807) is 4.90 Å². The molecule has 2 aromatic rings. The molecule has 0 aliphatic carbocycles. The third-order valence-corrected chi connectivity index (χ3v) is 3.48. The Kier molecular flexibility index (Phi) is 4.94. The highest BCUT2D eigenvalue weighted by Gasteiger charge is 2.16. The predicted molar refractivity (Wildman–Crippen MR) is 82.6 cm³/mol. The maximum Gasteiger partial charge on any atom is 0.253 e. The molecular formula is C18H20NO. The van der Waals surface area contributed by atoms with E-state index in [0.717, 1.165) is 12.0 Å². The van der Waals surface area contributed by atoms with E-state index in [2.05, 4.69) is 19.1 Å². The van der Waals surface area contributed by atoms with Crippen molar-refractivity contribution in [3.63, 3.8) is 0 Å². The van der Waals surface area contributed by atoms with Gasteiger partial charge in [0.1, 0.15) is 0 Å². The topological polar surface area (TPSA) is 20.3 Å². The monoisotopic (exact) mass is 266 g/mol. The Hall–Kier alpha value is -2.09. The molecule has 2 heteroatoms. The highest BCUT2D eigenvalue weighted by atomic mass is 16.2. The number of hydrogen-bond donors (Lipinski definition) is 0. The minimum Gasteiger partial charge on any atom is -0.341 e. The Morgan fingerprint density at radius 3 is 2.15 bits per heavy atom. The molecule has 0 fully saturated rings. The molecule has 0 spiro atoms. The van der Waals surface area contributed by atoms with Crippen LogP contribution in [0.4, 0.5) is 0 Å². The zero-order valence-electron chi connectivity index (χ0n) is 11.8. The van der Waals surface area contributed by atoms with Gasteiger partial charge in [-0.25, -0.2) is 0 Å². The third kappa shape index (κ3) is 3.47. The van der Waals surface area contributed by atoms with Gasteiger partial charge in [-0.05, 0) is 24.1 Å². The number of hydrogen-bond acceptors (Lipinski definition) is 1. The van der Waals surface area contributed by atoms with E-state index in [1.165, 1.54) is 5.56 Å². The number of rotatable bonds is 5. The first-order valence-corrected chi connectivity index (χ1v) is 6.87. The number of likely N-dealkylation sites (N-methyl/N-ethyl adjacent to an activating group) is 1. The summed E-state index contributed by atoms with van der Waals surface area (Å²) in [6.45, 7) is 4.69. The minimum atomic E-state index is 0.0555. The van der Waals surface area contributed by atoms with Gasteiger partial charge in [0.25, 0.3) is 5.91 Å². The summed E-state index contributed by atoms with van der Waals surface area (Å²) in [7, 11) is 1.85. The van der Waals surface area contributed by atoms with E-state index in [-0.39, 0.29) is 11.8 Å². The summed E-state index contributed by atoms with van der Waals surface area (Å²) in [6.07, 6.45) is 0.774. The molecular weight excluding hydrogens is 246 g/mol. The van der Waals surface area contributed by atoms with Gasteiger partial charge in [-0.1, -0.05) is 55.5 Å². The molecule has 20 heavy (non-hydrogen) atoms. The Bertz CT molecular complexity index is 536. The Morgan fingerprint density at radius 2 is 1.60 bits per heavy atom. The van der Waals surface area contributed by atoms with Crippen molar-refractivity contribution >= 4 is 5.91 Å². The van der Waals surface area contributed by atoms with Crippen LogP contribution in [0.15, 0.2) is 60.7 Å². The lowest BCUT2D eigenvalue weighted by molar-refractivity contribution is 0.0786. The van der Waals surface area contributed by atoms with Crippen LogP contribution in [0.3, 0.4) is 0 Å². The molecule has 1 unspecified atom stereocenters. The lowest BCUT2D eigenvalue weighted by Crippen LogP contribution is -2.31. The predicted octanol–water partition coefficient (Wildman–Crippen LogP) is 3.77. The van der Waals surface area contributed by atoms with Gasteiger partial charge in [-0.15, -0.1) is 0 Å². The van der Waals surface area contributed by atoms with Gasteiger partial charge in [-0.3, -0.25) is 4.79 Å². The van der Waals surface area contributed by atoms with Crippen LogP contribution in [0, 0.1) is 6.92 Å². The quantitative estimate of drug-likeness (QED) is 0.806. The molecule has 0 heterocycles. The SMILES string of the molecule is [CH2]CC(CN(C)C(=O)c1ccccc1)c1ccccc1. The fourth-order valence-corrected chi connectivity index (χ4v) is 2.30. The molecule has 0 saturated carbocycles. The third-order valence-electron chi connectivity index (χ3n) is 3.48. The molecule has 1 radical (unpaired) electrons. The Morgan fingerprint density at radius 1 is 1.05 bits per heavy atom. The molecule has 2 nitrogen and oxygen atoms in total. The lowest BCUT2D eigenvalue weighted by atomic mass is 9.96. The van der Waals surface area contributed by atoms with E-state index in [9.17, 15) is 4.79 Å². The van der Waals surface area contributed by atoms with Crippen LogP contribution in [0.1, 0.15) is 28.3 Å². The molecule has 1 amide bonds. The van der Waals surface area contributed by atoms with E-state index in [4.69, 9.17) is 0 Å². The second-order valence-corrected chi connectivity index (χ2v) is 4.95. The maximum absolute atomic E-state index is 12.3. The first-order valence-electron chi connectivity index (χ1n) is 6.87. The highest BCUT2D eigenvalue weighted by molar-refractivity contribution is 5.94. The zero-order chi connectivity index (χ0) is 14.4. The molecule has 0 saturated heterocycles. The van der Waals surface area contributed by atoms with Crippen molar-refractivity contribution in [3.8, 4) is 0 Å². The molecule has 0 N–H and O–H groups in total. The fraction of sp³-hybridized carbons (Fsp3) is 0.222. The second kappa shape index (κ2) is 6.90. The number of carbonyl (C=O) groups is 1. The number of benzene rings is 2. The molecule has 0 aliphatic heterocycles. The van der Waals surface area contributed by atoms with Crippen LogP contribution in [0.5, 0.6) is 0 Å². The first-order chi connectivity index (χ1) is 9.72. The molecule has 0 aliphatic rings. The molecule has 103 valence electrons. The van der Waals surface area contributed by atoms with Crippen LogP contribution in [0.25, 0.3) is 0 Å². The zero-order valence-corrected chi connectivity index (χ0v) is 11.8. The van der Waals surface area contributed by atoms with E-state index in [0.29, 0.717) is 6.54 Å². The fourth-order valence-electron chi connectivity index (χ4n) is 2.30. The van der Waals surface area contributed by atoms with E-state index < -0.39 is 0 Å². The summed E-state index contributed by atoms with van der Waals surface area (Å²) in [5, 5.41) is 0. The minimum absolute atomic E-state index is 0.0555. The van der Waals surface area contributed by atoms with Crippen molar-refractivity contribution in [2.45, 2.75) is 12.3 Å². The van der Waals surface area contributed by atoms with Crippen molar-refractivity contribution in [1.29, 1.82) is 0 Å². The highest BCUT2D eigenvalue weighted by Crippen LogP contribution is 2.20. The van der Waals surface area contributed by atoms with Crippen LogP contribution in [0.2, 0.25) is 0 Å². The van der Waals surface area contributed by atoms with Crippen molar-refractivity contribution in [2.24, 2.45) is 0 Å². The van der Waals surface area contributed by atoms with Crippen molar-refractivity contribution in [2.75, 3.05) is 13.6 Å². The maximum atomic E-state index is 12.3. The van der Waals surface area contributed by atoms with Crippen LogP contribution in [-0.4, -0.2) is 24.4 Å². The summed E-state index contributed by atoms with van der Waals surface area (Å²) in [5.41, 5.74) is 1.96. The Labute approximate surface area is 121 Å². The lowest BCUT2D eigenvalue weighted by Gasteiger charge is -2.24. The van der Waals surface area contributed by atoms with Crippen LogP contribution < -0.4 is 0 Å². The van der Waals surface area contributed by atoms with Crippen molar-refractivity contribution in [3.05, 3.63) is 78.7 Å². The van der Waals surface area contributed by atoms with Gasteiger partial charge in [0, 0.05) is 25.1 Å². The first kappa shape index (κ1) is 14.3. The van der Waals surface area contributed by atoms with Crippen molar-refractivity contribution < 1.29 is 4.79 Å². The summed E-state index contributed by atoms with van der Waals surface area (Å²) in [5.74, 6) is 0.328. The van der Waals surface area contributed by atoms with Gasteiger partial charge in [-0.2, -0.15) is 0 Å². The van der Waals surface area contributed by atoms with Gasteiger partial charge in [0.15, 0.2) is 0 Å². The average molecular weight is 266 g/mol. The van der Waals surface area contributed by atoms with Gasteiger partial charge < -0.3 is 4.90 Å². The molecule has 2 rings (SSSR count). The van der Waals surface area contributed by atoms with E-state index >= 15 is 0 Å². The molecule has 0 bridgehead atoms. The number of amides is 1. The normalized spacial score (nSPS) is 11.9. The van der Waals surface area contributed by atoms with Crippen molar-refractivity contribution in [1.82, 2.24) is 4.90 Å². The summed E-state index contributed by atoms with van der Waals surface area (Å²) in [6, 6.07) is 19.6. The summed E-state index contributed by atoms with van der Waals surface area (Å²) in [4.78, 5) is 14.1. The Balaban J connectivity index is 2.06. The smallest absolute Gasteiger partial charge is 0.253 e. The average Bonchev–Trinajstić information content (AvgIpc) is 2.53. The van der Waals surface area contributed by atoms with Gasteiger partial charge >= 0.3 is 0 Å². The van der Waals surface area contributed by atoms with E-state index in [1.807, 2.05) is 55.6 Å². The van der Waals surface area contributed by atoms with Gasteiger partial charge in [0.05, 0.1) is 0 Å².